The predicted octanol–water partition coefficient (Wildman–Crippen LogP) is 4.85. The lowest BCUT2D eigenvalue weighted by Gasteiger charge is -2.35. The first-order valence-electron chi connectivity index (χ1n) is 6.85. The molecule has 1 amide bonds. The van der Waals surface area contributed by atoms with Gasteiger partial charge in [0.05, 0.1) is 5.56 Å². The van der Waals surface area contributed by atoms with Gasteiger partial charge in [0.2, 0.25) is 0 Å². The average Bonchev–Trinajstić information content (AvgIpc) is 2.48. The van der Waals surface area contributed by atoms with Crippen molar-refractivity contribution in [3.05, 3.63) is 31.8 Å². The summed E-state index contributed by atoms with van der Waals surface area (Å²) >= 11 is 7.60. The molecule has 1 aliphatic carbocycles. The standard InChI is InChI=1S/C15H19BrINOS/c1-20-15(7-3-2-4-8-15)10-18-14(19)12-9-11(17)5-6-13(12)16/h5-6,9H,2-4,7-8,10H2,1H3,(H,18,19). The highest BCUT2D eigenvalue weighted by molar-refractivity contribution is 14.1. The van der Waals surface area contributed by atoms with Crippen molar-refractivity contribution >= 4 is 56.2 Å². The molecule has 0 atom stereocenters. The molecule has 1 fully saturated rings. The number of nitrogens with one attached hydrogen (secondary N) is 1. The van der Waals surface area contributed by atoms with Gasteiger partial charge in [0.1, 0.15) is 0 Å². The molecule has 2 nitrogen and oxygen atoms in total. The molecule has 0 aliphatic heterocycles. The lowest BCUT2D eigenvalue weighted by Crippen LogP contribution is -2.41. The molecule has 0 saturated heterocycles. The Hall–Kier alpha value is 0.250. The van der Waals surface area contributed by atoms with Crippen molar-refractivity contribution in [3.8, 4) is 0 Å². The van der Waals surface area contributed by atoms with Crippen LogP contribution < -0.4 is 5.32 Å². The van der Waals surface area contributed by atoms with E-state index in [0.717, 1.165) is 20.2 Å². The fourth-order valence-electron chi connectivity index (χ4n) is 2.66. The molecule has 1 saturated carbocycles. The van der Waals surface area contributed by atoms with Gasteiger partial charge in [-0.3, -0.25) is 4.79 Å². The van der Waals surface area contributed by atoms with Crippen LogP contribution in [0, 0.1) is 3.57 Å². The molecule has 5 heteroatoms. The quantitative estimate of drug-likeness (QED) is 0.641. The van der Waals surface area contributed by atoms with Gasteiger partial charge in [0.15, 0.2) is 0 Å². The van der Waals surface area contributed by atoms with Crippen molar-refractivity contribution in [2.75, 3.05) is 12.8 Å². The van der Waals surface area contributed by atoms with Crippen molar-refractivity contribution in [2.45, 2.75) is 36.9 Å². The fraction of sp³-hybridized carbons (Fsp3) is 0.533. The molecule has 1 N–H and O–H groups in total. The Balaban J connectivity index is 2.02. The van der Waals surface area contributed by atoms with Crippen LogP contribution in [0.15, 0.2) is 22.7 Å². The van der Waals surface area contributed by atoms with Gasteiger partial charge in [-0.15, -0.1) is 0 Å². The SMILES string of the molecule is CSC1(CNC(=O)c2cc(I)ccc2Br)CCCCC1. The topological polar surface area (TPSA) is 29.1 Å². The van der Waals surface area contributed by atoms with Crippen LogP contribution in [-0.2, 0) is 0 Å². The van der Waals surface area contributed by atoms with Crippen LogP contribution in [0.2, 0.25) is 0 Å². The summed E-state index contributed by atoms with van der Waals surface area (Å²) in [5.41, 5.74) is 0.726. The smallest absolute Gasteiger partial charge is 0.252 e. The van der Waals surface area contributed by atoms with E-state index in [-0.39, 0.29) is 10.7 Å². The van der Waals surface area contributed by atoms with E-state index in [1.807, 2.05) is 30.0 Å². The van der Waals surface area contributed by atoms with Crippen LogP contribution >= 0.6 is 50.3 Å². The second-order valence-electron chi connectivity index (χ2n) is 5.25. The van der Waals surface area contributed by atoms with Crippen LogP contribution in [0.3, 0.4) is 0 Å². The summed E-state index contributed by atoms with van der Waals surface area (Å²) in [6.45, 7) is 0.769. The van der Waals surface area contributed by atoms with E-state index in [1.165, 1.54) is 32.1 Å². The lowest BCUT2D eigenvalue weighted by molar-refractivity contribution is 0.0946. The maximum absolute atomic E-state index is 12.4. The number of hydrogen-bond acceptors (Lipinski definition) is 2. The molecule has 1 aromatic rings. The third-order valence-electron chi connectivity index (χ3n) is 3.94. The molecule has 1 aliphatic rings. The molecular weight excluding hydrogens is 449 g/mol. The fourth-order valence-corrected chi connectivity index (χ4v) is 4.49. The van der Waals surface area contributed by atoms with Crippen LogP contribution in [0.5, 0.6) is 0 Å². The molecule has 0 aromatic heterocycles. The third kappa shape index (κ3) is 4.13. The average molecular weight is 468 g/mol. The minimum Gasteiger partial charge on any atom is -0.351 e. The van der Waals surface area contributed by atoms with E-state index in [2.05, 4.69) is 50.1 Å². The van der Waals surface area contributed by atoms with E-state index in [4.69, 9.17) is 0 Å². The first-order valence-corrected chi connectivity index (χ1v) is 9.94. The van der Waals surface area contributed by atoms with Crippen molar-refractivity contribution < 1.29 is 4.79 Å². The molecular formula is C15H19BrINOS. The number of carbonyl (C=O) groups excluding carboxylic acids is 1. The Morgan fingerprint density at radius 3 is 2.75 bits per heavy atom. The van der Waals surface area contributed by atoms with Gasteiger partial charge in [0, 0.05) is 19.3 Å². The molecule has 1 aromatic carbocycles. The second kappa shape index (κ2) is 7.49. The van der Waals surface area contributed by atoms with E-state index in [9.17, 15) is 4.79 Å². The van der Waals surface area contributed by atoms with E-state index < -0.39 is 0 Å². The van der Waals surface area contributed by atoms with Gasteiger partial charge < -0.3 is 5.32 Å². The highest BCUT2D eigenvalue weighted by Crippen LogP contribution is 2.38. The maximum Gasteiger partial charge on any atom is 0.252 e. The number of carbonyl (C=O) groups is 1. The minimum atomic E-state index is 0.0226. The van der Waals surface area contributed by atoms with Crippen LogP contribution in [-0.4, -0.2) is 23.5 Å². The number of amides is 1. The number of benzene rings is 1. The number of halogens is 2. The molecule has 0 spiro atoms. The van der Waals surface area contributed by atoms with E-state index in [1.54, 1.807) is 0 Å². The summed E-state index contributed by atoms with van der Waals surface area (Å²) in [6.07, 6.45) is 8.48. The summed E-state index contributed by atoms with van der Waals surface area (Å²) < 4.78 is 2.17. The van der Waals surface area contributed by atoms with Gasteiger partial charge in [-0.1, -0.05) is 19.3 Å². The van der Waals surface area contributed by atoms with E-state index in [0.29, 0.717) is 0 Å². The highest BCUT2D eigenvalue weighted by Gasteiger charge is 2.31. The minimum absolute atomic E-state index is 0.0226. The summed E-state index contributed by atoms with van der Waals surface area (Å²) in [4.78, 5) is 12.4. The van der Waals surface area contributed by atoms with Crippen LogP contribution in [0.25, 0.3) is 0 Å². The Morgan fingerprint density at radius 1 is 1.40 bits per heavy atom. The van der Waals surface area contributed by atoms with Gasteiger partial charge >= 0.3 is 0 Å². The second-order valence-corrected chi connectivity index (χ2v) is 8.63. The first kappa shape index (κ1) is 16.6. The van der Waals surface area contributed by atoms with E-state index >= 15 is 0 Å². The first-order chi connectivity index (χ1) is 9.56. The summed E-state index contributed by atoms with van der Waals surface area (Å²) in [5.74, 6) is 0.0226. The largest absolute Gasteiger partial charge is 0.351 e. The zero-order chi connectivity index (χ0) is 14.6. The molecule has 0 heterocycles. The van der Waals surface area contributed by atoms with Gasteiger partial charge in [-0.25, -0.2) is 0 Å². The Morgan fingerprint density at radius 2 is 2.10 bits per heavy atom. The van der Waals surface area contributed by atoms with Gasteiger partial charge in [-0.05, 0) is 75.8 Å². The summed E-state index contributed by atoms with van der Waals surface area (Å²) in [7, 11) is 0. The van der Waals surface area contributed by atoms with Crippen molar-refractivity contribution in [2.24, 2.45) is 0 Å². The molecule has 0 radical (unpaired) electrons. The lowest BCUT2D eigenvalue weighted by atomic mass is 9.88. The molecule has 20 heavy (non-hydrogen) atoms. The maximum atomic E-state index is 12.4. The summed E-state index contributed by atoms with van der Waals surface area (Å²) in [5, 5.41) is 3.14. The molecule has 110 valence electrons. The molecule has 2 rings (SSSR count). The Bertz CT molecular complexity index is 489. The number of thioether (sulfide) groups is 1. The van der Waals surface area contributed by atoms with Crippen LogP contribution in [0.1, 0.15) is 42.5 Å². The third-order valence-corrected chi connectivity index (χ3v) is 6.72. The zero-order valence-electron chi connectivity index (χ0n) is 11.5. The Labute approximate surface area is 147 Å². The Kier molecular flexibility index (Phi) is 6.23. The monoisotopic (exact) mass is 467 g/mol. The molecule has 0 bridgehead atoms. The molecule has 0 unspecified atom stereocenters. The predicted molar refractivity (Wildman–Crippen MR) is 98.5 cm³/mol. The van der Waals surface area contributed by atoms with Gasteiger partial charge in [-0.2, -0.15) is 11.8 Å². The number of hydrogen-bond donors (Lipinski definition) is 1. The van der Waals surface area contributed by atoms with Crippen LogP contribution in [0.4, 0.5) is 0 Å². The summed E-state index contributed by atoms with van der Waals surface area (Å²) in [6, 6.07) is 5.85. The van der Waals surface area contributed by atoms with Gasteiger partial charge in [0.25, 0.3) is 5.91 Å². The van der Waals surface area contributed by atoms with Crippen molar-refractivity contribution in [1.82, 2.24) is 5.32 Å². The zero-order valence-corrected chi connectivity index (χ0v) is 16.1. The normalized spacial score (nSPS) is 17.8. The van der Waals surface area contributed by atoms with Crippen molar-refractivity contribution in [3.63, 3.8) is 0 Å². The van der Waals surface area contributed by atoms with Crippen molar-refractivity contribution in [1.29, 1.82) is 0 Å². The number of rotatable bonds is 4. The highest BCUT2D eigenvalue weighted by atomic mass is 127.